The molecule has 2 heteroatoms. The van der Waals surface area contributed by atoms with Crippen LogP contribution in [0.2, 0.25) is 0 Å². The van der Waals surface area contributed by atoms with Gasteiger partial charge in [0.1, 0.15) is 0 Å². The van der Waals surface area contributed by atoms with E-state index >= 15 is 0 Å². The van der Waals surface area contributed by atoms with E-state index in [0.717, 1.165) is 13.1 Å². The average Bonchev–Trinajstić information content (AvgIpc) is 3.03. The maximum Gasteiger partial charge on any atom is 0.0541 e. The summed E-state index contributed by atoms with van der Waals surface area (Å²) in [5, 5.41) is 2.57. The van der Waals surface area contributed by atoms with Crippen LogP contribution in [0.5, 0.6) is 0 Å². The zero-order valence-corrected chi connectivity index (χ0v) is 14.8. The van der Waals surface area contributed by atoms with Crippen LogP contribution < -0.4 is 4.90 Å². The van der Waals surface area contributed by atoms with Gasteiger partial charge in [0.25, 0.3) is 0 Å². The smallest absolute Gasteiger partial charge is 0.0541 e. The fourth-order valence-corrected chi connectivity index (χ4v) is 3.61. The van der Waals surface area contributed by atoms with E-state index in [4.69, 9.17) is 0 Å². The summed E-state index contributed by atoms with van der Waals surface area (Å²) >= 11 is 0. The molecule has 0 bridgehead atoms. The molecule has 0 aliphatic rings. The molecule has 0 saturated heterocycles. The molecular formula is C24H22N2. The first-order valence-electron chi connectivity index (χ1n) is 8.89. The Bertz CT molecular complexity index is 1010. The minimum absolute atomic E-state index is 0.806. The van der Waals surface area contributed by atoms with Gasteiger partial charge in [0.05, 0.1) is 11.0 Å². The van der Waals surface area contributed by atoms with Crippen molar-refractivity contribution >= 4 is 27.5 Å². The molecule has 0 aliphatic carbocycles. The number of benzene rings is 3. The molecule has 0 atom stereocenters. The second kappa shape index (κ2) is 6.93. The molecular weight excluding hydrogens is 316 g/mol. The maximum atomic E-state index is 3.85. The summed E-state index contributed by atoms with van der Waals surface area (Å²) in [6.07, 6.45) is 3.84. The van der Waals surface area contributed by atoms with E-state index in [-0.39, 0.29) is 0 Å². The lowest BCUT2D eigenvalue weighted by atomic mass is 10.2. The fourth-order valence-electron chi connectivity index (χ4n) is 3.61. The molecule has 0 N–H and O–H groups in total. The van der Waals surface area contributed by atoms with Crippen LogP contribution in [-0.4, -0.2) is 17.7 Å². The summed E-state index contributed by atoms with van der Waals surface area (Å²) in [6.45, 7) is 9.32. The molecule has 0 spiro atoms. The third kappa shape index (κ3) is 2.70. The second-order valence-electron chi connectivity index (χ2n) is 6.37. The highest BCUT2D eigenvalue weighted by Gasteiger charge is 2.11. The van der Waals surface area contributed by atoms with Crippen molar-refractivity contribution in [3.8, 4) is 5.69 Å². The summed E-state index contributed by atoms with van der Waals surface area (Å²) in [6, 6.07) is 25.9. The van der Waals surface area contributed by atoms with Crippen molar-refractivity contribution in [1.82, 2.24) is 4.57 Å². The quantitative estimate of drug-likeness (QED) is 0.394. The molecule has 0 fully saturated rings. The van der Waals surface area contributed by atoms with Crippen LogP contribution >= 0.6 is 0 Å². The van der Waals surface area contributed by atoms with Gasteiger partial charge in [-0.15, -0.1) is 13.2 Å². The van der Waals surface area contributed by atoms with Crippen molar-refractivity contribution in [1.29, 1.82) is 0 Å². The van der Waals surface area contributed by atoms with E-state index in [1.165, 1.54) is 33.2 Å². The highest BCUT2D eigenvalue weighted by Crippen LogP contribution is 2.32. The summed E-state index contributed by atoms with van der Waals surface area (Å²) in [5.41, 5.74) is 4.81. The Balaban J connectivity index is 1.85. The summed E-state index contributed by atoms with van der Waals surface area (Å²) in [5.74, 6) is 0. The number of fused-ring (bicyclic) bond motifs is 3. The number of para-hydroxylation sites is 2. The summed E-state index contributed by atoms with van der Waals surface area (Å²) in [4.78, 5) is 2.25. The number of hydrogen-bond donors (Lipinski definition) is 0. The summed E-state index contributed by atoms with van der Waals surface area (Å²) in [7, 11) is 0. The predicted molar refractivity (Wildman–Crippen MR) is 113 cm³/mol. The van der Waals surface area contributed by atoms with Crippen LogP contribution in [0.4, 0.5) is 5.69 Å². The predicted octanol–water partition coefficient (Wildman–Crippen LogP) is 5.96. The van der Waals surface area contributed by atoms with E-state index in [1.54, 1.807) is 0 Å². The minimum Gasteiger partial charge on any atom is -0.364 e. The van der Waals surface area contributed by atoms with Crippen molar-refractivity contribution in [2.75, 3.05) is 18.0 Å². The van der Waals surface area contributed by atoms with Gasteiger partial charge < -0.3 is 9.47 Å². The second-order valence-corrected chi connectivity index (χ2v) is 6.37. The van der Waals surface area contributed by atoms with Gasteiger partial charge in [-0.2, -0.15) is 0 Å². The van der Waals surface area contributed by atoms with Gasteiger partial charge in [-0.05, 0) is 36.4 Å². The molecule has 1 aromatic heterocycles. The first-order valence-corrected chi connectivity index (χ1v) is 8.89. The van der Waals surface area contributed by atoms with Gasteiger partial charge >= 0.3 is 0 Å². The number of hydrogen-bond acceptors (Lipinski definition) is 1. The van der Waals surface area contributed by atoms with E-state index in [9.17, 15) is 0 Å². The molecule has 2 nitrogen and oxygen atoms in total. The Morgan fingerprint density at radius 1 is 0.692 bits per heavy atom. The van der Waals surface area contributed by atoms with Gasteiger partial charge in [0, 0.05) is 35.2 Å². The molecule has 1 heterocycles. The van der Waals surface area contributed by atoms with Crippen molar-refractivity contribution in [2.45, 2.75) is 0 Å². The molecule has 3 aromatic carbocycles. The third-order valence-electron chi connectivity index (χ3n) is 4.75. The Morgan fingerprint density at radius 2 is 1.19 bits per heavy atom. The summed E-state index contributed by atoms with van der Waals surface area (Å²) < 4.78 is 2.33. The van der Waals surface area contributed by atoms with E-state index in [1.807, 2.05) is 12.2 Å². The largest absolute Gasteiger partial charge is 0.364 e. The lowest BCUT2D eigenvalue weighted by molar-refractivity contribution is 0.956. The van der Waals surface area contributed by atoms with Crippen LogP contribution in [0.3, 0.4) is 0 Å². The number of rotatable bonds is 6. The SMILES string of the molecule is C=CCN(CC=C)c1ccc(-n2c3ccccc3c3ccccc32)cc1. The molecule has 0 aliphatic heterocycles. The zero-order valence-electron chi connectivity index (χ0n) is 14.8. The molecule has 128 valence electrons. The minimum atomic E-state index is 0.806. The molecule has 4 aromatic rings. The molecule has 0 saturated carbocycles. The topological polar surface area (TPSA) is 8.17 Å². The van der Waals surface area contributed by atoms with Gasteiger partial charge in [-0.1, -0.05) is 48.6 Å². The van der Waals surface area contributed by atoms with E-state index in [2.05, 4.69) is 95.4 Å². The highest BCUT2D eigenvalue weighted by molar-refractivity contribution is 6.09. The Labute approximate surface area is 154 Å². The van der Waals surface area contributed by atoms with Crippen LogP contribution in [0.1, 0.15) is 0 Å². The fraction of sp³-hybridized carbons (Fsp3) is 0.0833. The monoisotopic (exact) mass is 338 g/mol. The molecule has 0 radical (unpaired) electrons. The van der Waals surface area contributed by atoms with Gasteiger partial charge in [-0.3, -0.25) is 0 Å². The maximum absolute atomic E-state index is 3.85. The van der Waals surface area contributed by atoms with Gasteiger partial charge in [0.15, 0.2) is 0 Å². The highest BCUT2D eigenvalue weighted by atomic mass is 15.1. The van der Waals surface area contributed by atoms with Gasteiger partial charge in [-0.25, -0.2) is 0 Å². The van der Waals surface area contributed by atoms with Crippen LogP contribution in [0, 0.1) is 0 Å². The number of nitrogens with zero attached hydrogens (tertiary/aromatic N) is 2. The van der Waals surface area contributed by atoms with Crippen LogP contribution in [0.15, 0.2) is 98.1 Å². The molecule has 0 amide bonds. The lowest BCUT2D eigenvalue weighted by Crippen LogP contribution is -2.22. The standard InChI is InChI=1S/C24H22N2/c1-3-17-25(18-4-2)19-13-15-20(16-14-19)26-23-11-7-5-9-21(23)22-10-6-8-12-24(22)26/h3-16H,1-2,17-18H2. The Morgan fingerprint density at radius 3 is 1.69 bits per heavy atom. The van der Waals surface area contributed by atoms with Crippen molar-refractivity contribution < 1.29 is 0 Å². The zero-order chi connectivity index (χ0) is 17.9. The van der Waals surface area contributed by atoms with Crippen molar-refractivity contribution in [2.24, 2.45) is 0 Å². The van der Waals surface area contributed by atoms with Gasteiger partial charge in [0.2, 0.25) is 0 Å². The Hall–Kier alpha value is -3.26. The normalized spacial score (nSPS) is 10.9. The lowest BCUT2D eigenvalue weighted by Gasteiger charge is -2.22. The van der Waals surface area contributed by atoms with E-state index in [0.29, 0.717) is 0 Å². The number of aromatic nitrogens is 1. The average molecular weight is 338 g/mol. The first-order chi connectivity index (χ1) is 12.8. The Kier molecular flexibility index (Phi) is 4.32. The van der Waals surface area contributed by atoms with Crippen molar-refractivity contribution in [3.05, 3.63) is 98.1 Å². The van der Waals surface area contributed by atoms with Crippen LogP contribution in [0.25, 0.3) is 27.5 Å². The van der Waals surface area contributed by atoms with E-state index < -0.39 is 0 Å². The number of anilines is 1. The molecule has 4 rings (SSSR count). The third-order valence-corrected chi connectivity index (χ3v) is 4.75. The molecule has 26 heavy (non-hydrogen) atoms. The molecule has 0 unspecified atom stereocenters. The van der Waals surface area contributed by atoms with Crippen LogP contribution in [-0.2, 0) is 0 Å². The van der Waals surface area contributed by atoms with Crippen molar-refractivity contribution in [3.63, 3.8) is 0 Å². The first kappa shape index (κ1) is 16.2.